The first-order valence-corrected chi connectivity index (χ1v) is 7.87. The minimum absolute atomic E-state index is 0.128. The number of nitrogens with zero attached hydrogens (tertiary/aromatic N) is 1. The highest BCUT2D eigenvalue weighted by Gasteiger charge is 2.37. The average Bonchev–Trinajstić information content (AvgIpc) is 2.74. The Morgan fingerprint density at radius 2 is 2.05 bits per heavy atom. The normalized spacial score (nSPS) is 23.1. The molecule has 0 aromatic heterocycles. The Kier molecular flexibility index (Phi) is 4.82. The third kappa shape index (κ3) is 3.09. The zero-order chi connectivity index (χ0) is 13.8. The van der Waals surface area contributed by atoms with Gasteiger partial charge < -0.3 is 4.90 Å². The molecule has 1 saturated heterocycles. The van der Waals surface area contributed by atoms with Crippen LogP contribution in [0.1, 0.15) is 25.1 Å². The van der Waals surface area contributed by atoms with Crippen molar-refractivity contribution in [2.24, 2.45) is 0 Å². The van der Waals surface area contributed by atoms with Gasteiger partial charge in [0.05, 0.1) is 6.04 Å². The van der Waals surface area contributed by atoms with Crippen LogP contribution >= 0.6 is 11.8 Å². The number of thioether (sulfide) groups is 1. The minimum Gasteiger partial charge on any atom is -0.321 e. The van der Waals surface area contributed by atoms with E-state index in [0.717, 1.165) is 17.7 Å². The van der Waals surface area contributed by atoms with Crippen LogP contribution in [0.5, 0.6) is 0 Å². The lowest BCUT2D eigenvalue weighted by atomic mass is 10.1. The van der Waals surface area contributed by atoms with Crippen molar-refractivity contribution in [3.8, 4) is 0 Å². The second-order valence-corrected chi connectivity index (χ2v) is 5.59. The van der Waals surface area contributed by atoms with Gasteiger partial charge in [0.2, 0.25) is 5.91 Å². The van der Waals surface area contributed by atoms with Gasteiger partial charge in [-0.25, -0.2) is 4.39 Å². The van der Waals surface area contributed by atoms with Crippen molar-refractivity contribution in [3.05, 3.63) is 35.6 Å². The number of carbonyl (C=O) groups is 1. The number of hydrogen-bond donors (Lipinski definition) is 1. The van der Waals surface area contributed by atoms with E-state index in [-0.39, 0.29) is 23.9 Å². The monoisotopic (exact) mass is 282 g/mol. The molecule has 1 aliphatic rings. The van der Waals surface area contributed by atoms with Gasteiger partial charge in [0.1, 0.15) is 12.0 Å². The number of benzene rings is 1. The van der Waals surface area contributed by atoms with E-state index in [2.05, 4.69) is 5.32 Å². The Hall–Kier alpha value is -1.07. The van der Waals surface area contributed by atoms with Crippen molar-refractivity contribution in [3.63, 3.8) is 0 Å². The third-order valence-corrected chi connectivity index (χ3v) is 3.97. The van der Waals surface area contributed by atoms with Crippen LogP contribution in [0, 0.1) is 5.82 Å². The molecule has 0 radical (unpaired) electrons. The molecule has 1 heterocycles. The molecule has 1 N–H and O–H groups in total. The van der Waals surface area contributed by atoms with Gasteiger partial charge in [-0.15, -0.1) is 0 Å². The first-order valence-electron chi connectivity index (χ1n) is 6.48. The molecule has 0 saturated carbocycles. The Morgan fingerprint density at radius 3 is 2.63 bits per heavy atom. The Labute approximate surface area is 117 Å². The van der Waals surface area contributed by atoms with Gasteiger partial charge in [0.25, 0.3) is 0 Å². The van der Waals surface area contributed by atoms with E-state index in [1.54, 1.807) is 23.9 Å². The van der Waals surface area contributed by atoms with Crippen molar-refractivity contribution in [1.82, 2.24) is 10.2 Å². The van der Waals surface area contributed by atoms with Gasteiger partial charge in [-0.05, 0) is 30.4 Å². The number of rotatable bonds is 5. The third-order valence-electron chi connectivity index (χ3n) is 3.38. The van der Waals surface area contributed by atoms with Crippen LogP contribution in [-0.4, -0.2) is 35.4 Å². The lowest BCUT2D eigenvalue weighted by molar-refractivity contribution is -0.129. The fourth-order valence-corrected chi connectivity index (χ4v) is 2.70. The van der Waals surface area contributed by atoms with Crippen molar-refractivity contribution in [1.29, 1.82) is 0 Å². The molecule has 1 aliphatic heterocycles. The highest BCUT2D eigenvalue weighted by molar-refractivity contribution is 7.98. The van der Waals surface area contributed by atoms with E-state index < -0.39 is 0 Å². The van der Waals surface area contributed by atoms with Crippen molar-refractivity contribution in [2.45, 2.75) is 25.6 Å². The predicted octanol–water partition coefficient (Wildman–Crippen LogP) is 2.40. The molecule has 2 rings (SSSR count). The lowest BCUT2D eigenvalue weighted by Gasteiger charge is -2.24. The molecular weight excluding hydrogens is 263 g/mol. The van der Waals surface area contributed by atoms with Crippen LogP contribution in [0.25, 0.3) is 0 Å². The van der Waals surface area contributed by atoms with Crippen LogP contribution in [0.3, 0.4) is 0 Å². The summed E-state index contributed by atoms with van der Waals surface area (Å²) in [7, 11) is 0. The van der Waals surface area contributed by atoms with Crippen LogP contribution in [0.15, 0.2) is 24.3 Å². The molecule has 19 heavy (non-hydrogen) atoms. The summed E-state index contributed by atoms with van der Waals surface area (Å²) in [4.78, 5) is 14.1. The molecule has 2 atom stereocenters. The molecule has 0 spiro atoms. The predicted molar refractivity (Wildman–Crippen MR) is 76.5 cm³/mol. The van der Waals surface area contributed by atoms with Crippen LogP contribution in [0.4, 0.5) is 4.39 Å². The lowest BCUT2D eigenvalue weighted by Crippen LogP contribution is -2.32. The molecule has 3 nitrogen and oxygen atoms in total. The fraction of sp³-hybridized carbons (Fsp3) is 0.500. The number of halogens is 1. The summed E-state index contributed by atoms with van der Waals surface area (Å²) in [5.41, 5.74) is 0.937. The summed E-state index contributed by atoms with van der Waals surface area (Å²) in [6, 6.07) is 6.23. The van der Waals surface area contributed by atoms with Gasteiger partial charge in [-0.3, -0.25) is 10.1 Å². The first kappa shape index (κ1) is 14.3. The molecule has 1 amide bonds. The minimum atomic E-state index is -0.254. The fourth-order valence-electron chi connectivity index (χ4n) is 2.32. The maximum Gasteiger partial charge on any atom is 0.241 e. The zero-order valence-corrected chi connectivity index (χ0v) is 12.0. The van der Waals surface area contributed by atoms with E-state index in [4.69, 9.17) is 0 Å². The maximum atomic E-state index is 13.0. The largest absolute Gasteiger partial charge is 0.321 e. The summed E-state index contributed by atoms with van der Waals surface area (Å²) in [5, 5.41) is 3.33. The Bertz CT molecular complexity index is 438. The van der Waals surface area contributed by atoms with Crippen molar-refractivity contribution < 1.29 is 9.18 Å². The van der Waals surface area contributed by atoms with Crippen molar-refractivity contribution in [2.75, 3.05) is 18.6 Å². The molecular formula is C14H19FN2OS. The summed E-state index contributed by atoms with van der Waals surface area (Å²) in [5.74, 6) is 0.795. The van der Waals surface area contributed by atoms with E-state index in [0.29, 0.717) is 6.54 Å². The highest BCUT2D eigenvalue weighted by Crippen LogP contribution is 2.26. The average molecular weight is 282 g/mol. The Morgan fingerprint density at radius 1 is 1.37 bits per heavy atom. The zero-order valence-electron chi connectivity index (χ0n) is 11.2. The summed E-state index contributed by atoms with van der Waals surface area (Å²) < 4.78 is 13.0. The smallest absolute Gasteiger partial charge is 0.241 e. The molecule has 1 aromatic rings. The van der Waals surface area contributed by atoms with E-state index in [1.165, 1.54) is 12.1 Å². The van der Waals surface area contributed by atoms with E-state index in [1.807, 2.05) is 18.1 Å². The number of carbonyl (C=O) groups excluding carboxylic acids is 1. The number of hydrogen-bond acceptors (Lipinski definition) is 3. The van der Waals surface area contributed by atoms with Gasteiger partial charge in [-0.1, -0.05) is 19.1 Å². The van der Waals surface area contributed by atoms with Gasteiger partial charge in [0, 0.05) is 12.3 Å². The number of amides is 1. The standard InChI is InChI=1S/C14H19FN2OS/c1-3-12-14(18)17(8-9-19-2)13(16-12)10-4-6-11(15)7-5-10/h4-7,12-13,16H,3,8-9H2,1-2H3. The molecule has 0 bridgehead atoms. The maximum absolute atomic E-state index is 13.0. The van der Waals surface area contributed by atoms with Crippen LogP contribution in [0.2, 0.25) is 0 Å². The van der Waals surface area contributed by atoms with Crippen LogP contribution in [-0.2, 0) is 4.79 Å². The van der Waals surface area contributed by atoms with Gasteiger partial charge in [-0.2, -0.15) is 11.8 Å². The van der Waals surface area contributed by atoms with Crippen molar-refractivity contribution >= 4 is 17.7 Å². The summed E-state index contributed by atoms with van der Waals surface area (Å²) >= 11 is 1.72. The quantitative estimate of drug-likeness (QED) is 0.900. The summed E-state index contributed by atoms with van der Waals surface area (Å²) in [6.07, 6.45) is 2.66. The SMILES string of the molecule is CCC1NC(c2ccc(F)cc2)N(CCSC)C1=O. The molecule has 0 aliphatic carbocycles. The summed E-state index contributed by atoms with van der Waals surface area (Å²) in [6.45, 7) is 2.71. The van der Waals surface area contributed by atoms with E-state index >= 15 is 0 Å². The second-order valence-electron chi connectivity index (χ2n) is 4.61. The first-order chi connectivity index (χ1) is 9.17. The molecule has 5 heteroatoms. The van der Waals surface area contributed by atoms with Gasteiger partial charge >= 0.3 is 0 Å². The highest BCUT2D eigenvalue weighted by atomic mass is 32.2. The molecule has 104 valence electrons. The van der Waals surface area contributed by atoms with Gasteiger partial charge in [0.15, 0.2) is 0 Å². The molecule has 2 unspecified atom stereocenters. The van der Waals surface area contributed by atoms with E-state index in [9.17, 15) is 9.18 Å². The number of nitrogens with one attached hydrogen (secondary N) is 1. The molecule has 1 fully saturated rings. The topological polar surface area (TPSA) is 32.3 Å². The Balaban J connectivity index is 2.20. The second kappa shape index (κ2) is 6.39. The molecule has 1 aromatic carbocycles. The van der Waals surface area contributed by atoms with Crippen LogP contribution < -0.4 is 5.32 Å².